The monoisotopic (exact) mass is 293 g/mol. The predicted molar refractivity (Wildman–Crippen MR) is 61.9 cm³/mol. The summed E-state index contributed by atoms with van der Waals surface area (Å²) in [4.78, 5) is 14.7. The van der Waals surface area contributed by atoms with Crippen LogP contribution in [0.1, 0.15) is 6.23 Å². The van der Waals surface area contributed by atoms with Gasteiger partial charge in [-0.2, -0.15) is 4.98 Å². The first-order chi connectivity index (χ1) is 8.99. The predicted octanol–water partition coefficient (Wildman–Crippen LogP) is -1.69. The molecule has 4 atom stereocenters. The zero-order chi connectivity index (χ0) is 14.2. The maximum absolute atomic E-state index is 11.2. The summed E-state index contributed by atoms with van der Waals surface area (Å²) < 4.78 is 6.27. The minimum Gasteiger partial charge on any atom is -0.394 e. The molecule has 1 aliphatic rings. The maximum atomic E-state index is 11.2. The van der Waals surface area contributed by atoms with Gasteiger partial charge in [0.2, 0.25) is 5.95 Å². The molecule has 106 valence electrons. The van der Waals surface area contributed by atoms with Gasteiger partial charge in [0.1, 0.15) is 23.3 Å². The highest BCUT2D eigenvalue weighted by Crippen LogP contribution is 2.31. The highest BCUT2D eigenvalue weighted by Gasteiger charge is 2.44. The number of halogens is 1. The van der Waals surface area contributed by atoms with Crippen molar-refractivity contribution >= 4 is 17.5 Å². The van der Waals surface area contributed by atoms with Gasteiger partial charge in [0.05, 0.1) is 6.61 Å². The van der Waals surface area contributed by atoms with E-state index in [2.05, 4.69) is 4.98 Å². The van der Waals surface area contributed by atoms with Crippen LogP contribution in [0.4, 0.5) is 5.95 Å². The summed E-state index contributed by atoms with van der Waals surface area (Å²) in [6, 6.07) is 0. The first-order valence-corrected chi connectivity index (χ1v) is 5.68. The Bertz CT molecular complexity index is 523. The summed E-state index contributed by atoms with van der Waals surface area (Å²) in [5.41, 5.74) is 0.890. The summed E-state index contributed by atoms with van der Waals surface area (Å²) in [5.74, 6) is -0.316. The second-order valence-electron chi connectivity index (χ2n) is 3.97. The number of hydrogen-bond donors (Lipinski definition) is 5. The van der Waals surface area contributed by atoms with Crippen molar-refractivity contribution in [3.05, 3.63) is 21.6 Å². The molecule has 0 aromatic carbocycles. The van der Waals surface area contributed by atoms with Crippen molar-refractivity contribution in [2.75, 3.05) is 12.1 Å². The number of ether oxygens (including phenoxy) is 1. The van der Waals surface area contributed by atoms with Gasteiger partial charge in [-0.1, -0.05) is 11.6 Å². The number of nitrogens with one attached hydrogen (secondary N) is 1. The fourth-order valence-electron chi connectivity index (χ4n) is 1.83. The minimum atomic E-state index is -1.38. The topological polar surface area (TPSA) is 137 Å². The first-order valence-electron chi connectivity index (χ1n) is 5.30. The number of nitrogens with zero attached hydrogens (tertiary/aromatic N) is 2. The lowest BCUT2D eigenvalue weighted by molar-refractivity contribution is -0.0528. The van der Waals surface area contributed by atoms with Crippen LogP contribution in [0.15, 0.2) is 11.0 Å². The third-order valence-corrected chi connectivity index (χ3v) is 3.06. The lowest BCUT2D eigenvalue weighted by atomic mass is 10.1. The molecule has 1 fully saturated rings. The van der Waals surface area contributed by atoms with Gasteiger partial charge < -0.3 is 20.1 Å². The largest absolute Gasteiger partial charge is 0.394 e. The van der Waals surface area contributed by atoms with Gasteiger partial charge in [-0.3, -0.25) is 14.6 Å². The van der Waals surface area contributed by atoms with Crippen LogP contribution < -0.4 is 11.0 Å². The number of aliphatic hydroxyl groups is 3. The van der Waals surface area contributed by atoms with E-state index in [9.17, 15) is 15.0 Å². The van der Waals surface area contributed by atoms with Crippen LogP contribution in [0, 0.1) is 0 Å². The summed E-state index contributed by atoms with van der Waals surface area (Å²) in [5, 5.41) is 37.1. The van der Waals surface area contributed by atoms with E-state index >= 15 is 0 Å². The Morgan fingerprint density at radius 3 is 2.68 bits per heavy atom. The molecular weight excluding hydrogens is 282 g/mol. The fraction of sp³-hybridized carbons (Fsp3) is 0.556. The molecule has 19 heavy (non-hydrogen) atoms. The van der Waals surface area contributed by atoms with Crippen LogP contribution in [0.2, 0.25) is 5.02 Å². The van der Waals surface area contributed by atoms with Crippen molar-refractivity contribution in [1.29, 1.82) is 0 Å². The summed E-state index contributed by atoms with van der Waals surface area (Å²) >= 11 is 5.62. The normalized spacial score (nSPS) is 30.6. The van der Waals surface area contributed by atoms with Crippen molar-refractivity contribution in [3.63, 3.8) is 0 Å². The molecule has 1 aromatic rings. The molecule has 0 unspecified atom stereocenters. The average molecular weight is 294 g/mol. The lowest BCUT2D eigenvalue weighted by Gasteiger charge is -2.20. The number of hydrogen-bond acceptors (Lipinski definition) is 8. The molecule has 10 heteroatoms. The van der Waals surface area contributed by atoms with Crippen molar-refractivity contribution in [2.24, 2.45) is 0 Å². The number of aromatic nitrogens is 2. The third-order valence-electron chi connectivity index (χ3n) is 2.80. The fourth-order valence-corrected chi connectivity index (χ4v) is 1.98. The molecule has 0 saturated carbocycles. The Balaban J connectivity index is 2.42. The van der Waals surface area contributed by atoms with Gasteiger partial charge in [-0.25, -0.2) is 5.48 Å². The summed E-state index contributed by atoms with van der Waals surface area (Å²) in [6.07, 6.45) is -3.77. The highest BCUT2D eigenvalue weighted by molar-refractivity contribution is 6.30. The zero-order valence-corrected chi connectivity index (χ0v) is 10.2. The van der Waals surface area contributed by atoms with Crippen molar-refractivity contribution in [1.82, 2.24) is 9.55 Å². The Morgan fingerprint density at radius 2 is 2.16 bits per heavy atom. The van der Waals surface area contributed by atoms with Crippen molar-refractivity contribution < 1.29 is 25.3 Å². The van der Waals surface area contributed by atoms with Crippen LogP contribution in [0.5, 0.6) is 0 Å². The molecule has 9 nitrogen and oxygen atoms in total. The summed E-state index contributed by atoms with van der Waals surface area (Å²) in [7, 11) is 0. The molecule has 0 amide bonds. The average Bonchev–Trinajstić information content (AvgIpc) is 2.69. The molecule has 0 spiro atoms. The van der Waals surface area contributed by atoms with Gasteiger partial charge in [0.25, 0.3) is 5.56 Å². The van der Waals surface area contributed by atoms with E-state index in [-0.39, 0.29) is 11.0 Å². The SMILES string of the molecule is O=c1nc(NO)n([C@@H]2O[C@H](CO)[C@@H](O)[C@H]2O)cc1Cl. The zero-order valence-electron chi connectivity index (χ0n) is 9.47. The van der Waals surface area contributed by atoms with E-state index in [0.717, 1.165) is 10.8 Å². The highest BCUT2D eigenvalue weighted by atomic mass is 35.5. The molecule has 5 N–H and O–H groups in total. The Hall–Kier alpha value is -1.23. The second-order valence-corrected chi connectivity index (χ2v) is 4.37. The second kappa shape index (κ2) is 5.41. The van der Waals surface area contributed by atoms with Gasteiger partial charge in [0, 0.05) is 6.20 Å². The third kappa shape index (κ3) is 2.43. The number of rotatable bonds is 3. The van der Waals surface area contributed by atoms with Gasteiger partial charge in [0.15, 0.2) is 6.23 Å². The molecule has 1 aromatic heterocycles. The number of anilines is 1. The van der Waals surface area contributed by atoms with Gasteiger partial charge in [-0.05, 0) is 0 Å². The molecule has 1 aliphatic heterocycles. The van der Waals surface area contributed by atoms with E-state index in [1.54, 1.807) is 5.48 Å². The molecule has 0 aliphatic carbocycles. The van der Waals surface area contributed by atoms with Crippen LogP contribution in [-0.2, 0) is 4.74 Å². The number of aliphatic hydroxyl groups excluding tert-OH is 3. The van der Waals surface area contributed by atoms with Crippen molar-refractivity contribution in [2.45, 2.75) is 24.5 Å². The molecule has 0 bridgehead atoms. The molecular formula is C9H12ClN3O6. The van der Waals surface area contributed by atoms with E-state index < -0.39 is 36.7 Å². The van der Waals surface area contributed by atoms with Gasteiger partial charge in [-0.15, -0.1) is 0 Å². The van der Waals surface area contributed by atoms with E-state index in [1.165, 1.54) is 0 Å². The molecule has 2 rings (SSSR count). The van der Waals surface area contributed by atoms with Crippen molar-refractivity contribution in [3.8, 4) is 0 Å². The minimum absolute atomic E-state index is 0.253. The van der Waals surface area contributed by atoms with E-state index in [4.69, 9.17) is 26.7 Å². The lowest BCUT2D eigenvalue weighted by Crippen LogP contribution is -2.33. The molecule has 2 heterocycles. The van der Waals surface area contributed by atoms with Crippen LogP contribution in [0.3, 0.4) is 0 Å². The van der Waals surface area contributed by atoms with Gasteiger partial charge >= 0.3 is 0 Å². The standard InChI is InChI=1S/C9H12ClN3O6/c10-3-1-13(9(12-18)11-7(3)17)8-6(16)5(15)4(2-14)19-8/h1,4-6,8,14-16,18H,2H2,(H,11,12,17)/t4-,5-,6-,8-/m1/s1. The quantitative estimate of drug-likeness (QED) is 0.416. The van der Waals surface area contributed by atoms with E-state index in [1.807, 2.05) is 0 Å². The first kappa shape index (κ1) is 14.2. The Kier molecular flexibility index (Phi) is 4.04. The van der Waals surface area contributed by atoms with Crippen LogP contribution in [0.25, 0.3) is 0 Å². The molecule has 1 saturated heterocycles. The van der Waals surface area contributed by atoms with Crippen LogP contribution >= 0.6 is 11.6 Å². The Labute approximate surface area is 111 Å². The van der Waals surface area contributed by atoms with E-state index in [0.29, 0.717) is 0 Å². The Morgan fingerprint density at radius 1 is 1.47 bits per heavy atom. The molecule has 0 radical (unpaired) electrons. The van der Waals surface area contributed by atoms with Crippen LogP contribution in [-0.4, -0.2) is 55.0 Å². The maximum Gasteiger partial charge on any atom is 0.293 e. The summed E-state index contributed by atoms with van der Waals surface area (Å²) in [6.45, 7) is -0.502. The smallest absolute Gasteiger partial charge is 0.293 e.